The Morgan fingerprint density at radius 3 is 3.08 bits per heavy atom. The molecule has 0 unspecified atom stereocenters. The molecule has 0 aromatic carbocycles. The number of thiophene rings is 1. The average molecular weight is 193 g/mol. The van der Waals surface area contributed by atoms with Crippen LogP contribution in [0.25, 0.3) is 10.4 Å². The van der Waals surface area contributed by atoms with Gasteiger partial charge in [-0.25, -0.2) is 0 Å². The highest BCUT2D eigenvalue weighted by Gasteiger charge is 2.07. The van der Waals surface area contributed by atoms with Crippen molar-refractivity contribution in [2.75, 3.05) is 7.05 Å². The summed E-state index contributed by atoms with van der Waals surface area (Å²) < 4.78 is 5.37. The van der Waals surface area contributed by atoms with Gasteiger partial charge in [0.15, 0.2) is 0 Å². The van der Waals surface area contributed by atoms with E-state index in [4.69, 9.17) is 4.42 Å². The van der Waals surface area contributed by atoms with Crippen LogP contribution in [-0.2, 0) is 6.54 Å². The molecular weight excluding hydrogens is 182 g/mol. The van der Waals surface area contributed by atoms with Crippen molar-refractivity contribution in [1.82, 2.24) is 5.32 Å². The largest absolute Gasteiger partial charge is 0.467 e. The van der Waals surface area contributed by atoms with Crippen molar-refractivity contribution in [3.63, 3.8) is 0 Å². The molecule has 1 N–H and O–H groups in total. The van der Waals surface area contributed by atoms with Crippen LogP contribution in [0.2, 0.25) is 0 Å². The summed E-state index contributed by atoms with van der Waals surface area (Å²) >= 11 is 1.73. The zero-order valence-electron chi connectivity index (χ0n) is 7.41. The van der Waals surface area contributed by atoms with Gasteiger partial charge in [0.1, 0.15) is 5.76 Å². The van der Waals surface area contributed by atoms with E-state index in [1.54, 1.807) is 17.6 Å². The minimum Gasteiger partial charge on any atom is -0.467 e. The third-order valence-corrected chi connectivity index (χ3v) is 2.77. The van der Waals surface area contributed by atoms with E-state index in [0.29, 0.717) is 0 Å². The Bertz CT molecular complexity index is 364. The Kier molecular flexibility index (Phi) is 2.47. The predicted molar refractivity (Wildman–Crippen MR) is 54.8 cm³/mol. The van der Waals surface area contributed by atoms with Gasteiger partial charge >= 0.3 is 0 Å². The molecule has 3 heteroatoms. The van der Waals surface area contributed by atoms with Gasteiger partial charge in [0, 0.05) is 10.4 Å². The summed E-state index contributed by atoms with van der Waals surface area (Å²) in [7, 11) is 1.92. The molecule has 0 bridgehead atoms. The lowest BCUT2D eigenvalue weighted by molar-refractivity contribution is 0.497. The van der Waals surface area contributed by atoms with E-state index >= 15 is 0 Å². The smallest absolute Gasteiger partial charge is 0.126 e. The topological polar surface area (TPSA) is 25.2 Å². The fourth-order valence-corrected chi connectivity index (χ4v) is 2.06. The molecule has 0 aliphatic carbocycles. The molecule has 0 saturated heterocycles. The average Bonchev–Trinajstić information content (AvgIpc) is 2.71. The second-order valence-corrected chi connectivity index (χ2v) is 3.71. The molecule has 0 saturated carbocycles. The van der Waals surface area contributed by atoms with Crippen LogP contribution in [-0.4, -0.2) is 7.05 Å². The second kappa shape index (κ2) is 3.77. The number of rotatable bonds is 3. The maximum absolute atomic E-state index is 5.37. The summed E-state index contributed by atoms with van der Waals surface area (Å²) in [6.07, 6.45) is 1.74. The first kappa shape index (κ1) is 8.53. The normalized spacial score (nSPS) is 10.5. The third-order valence-electron chi connectivity index (χ3n) is 1.87. The van der Waals surface area contributed by atoms with Gasteiger partial charge in [-0.15, -0.1) is 11.3 Å². The summed E-state index contributed by atoms with van der Waals surface area (Å²) in [6, 6.07) is 6.17. The Labute approximate surface area is 81.2 Å². The van der Waals surface area contributed by atoms with Crippen LogP contribution in [0.5, 0.6) is 0 Å². The van der Waals surface area contributed by atoms with E-state index in [0.717, 1.165) is 12.3 Å². The molecule has 0 fully saturated rings. The van der Waals surface area contributed by atoms with Gasteiger partial charge in [-0.3, -0.25) is 0 Å². The minimum atomic E-state index is 0.778. The molecular formula is C10H11NOS. The van der Waals surface area contributed by atoms with Gasteiger partial charge in [0.25, 0.3) is 0 Å². The maximum Gasteiger partial charge on any atom is 0.126 e. The highest BCUT2D eigenvalue weighted by atomic mass is 32.1. The summed E-state index contributed by atoms with van der Waals surface area (Å²) in [4.78, 5) is 1.26. The minimum absolute atomic E-state index is 0.778. The van der Waals surface area contributed by atoms with Crippen molar-refractivity contribution in [3.05, 3.63) is 35.6 Å². The Hall–Kier alpha value is -1.06. The van der Waals surface area contributed by atoms with E-state index in [2.05, 4.69) is 22.8 Å². The van der Waals surface area contributed by atoms with Crippen LogP contribution in [0.15, 0.2) is 34.3 Å². The molecule has 13 heavy (non-hydrogen) atoms. The highest BCUT2D eigenvalue weighted by Crippen LogP contribution is 2.28. The van der Waals surface area contributed by atoms with Crippen molar-refractivity contribution in [1.29, 1.82) is 0 Å². The first-order valence-corrected chi connectivity index (χ1v) is 5.04. The van der Waals surface area contributed by atoms with E-state index in [1.807, 2.05) is 13.1 Å². The van der Waals surface area contributed by atoms with Crippen molar-refractivity contribution in [2.24, 2.45) is 0 Å². The lowest BCUT2D eigenvalue weighted by atomic mass is 10.2. The summed E-state index contributed by atoms with van der Waals surface area (Å²) in [6.45, 7) is 0.778. The number of nitrogens with one attached hydrogen (secondary N) is 1. The Morgan fingerprint density at radius 1 is 1.46 bits per heavy atom. The molecule has 2 aromatic heterocycles. The number of hydrogen-bond donors (Lipinski definition) is 1. The predicted octanol–water partition coefficient (Wildman–Crippen LogP) is 2.73. The van der Waals surface area contributed by atoms with Crippen molar-refractivity contribution < 1.29 is 4.42 Å². The van der Waals surface area contributed by atoms with E-state index in [1.165, 1.54) is 10.4 Å². The zero-order chi connectivity index (χ0) is 9.10. The van der Waals surface area contributed by atoms with Crippen LogP contribution in [0, 0.1) is 0 Å². The molecule has 2 heterocycles. The van der Waals surface area contributed by atoms with Crippen molar-refractivity contribution in [3.8, 4) is 10.4 Å². The molecule has 0 atom stereocenters. The lowest BCUT2D eigenvalue weighted by Gasteiger charge is -1.98. The van der Waals surface area contributed by atoms with Crippen LogP contribution in [0.4, 0.5) is 0 Å². The first-order valence-electron chi connectivity index (χ1n) is 4.16. The highest BCUT2D eigenvalue weighted by molar-refractivity contribution is 7.13. The molecule has 2 aromatic rings. The molecule has 0 radical (unpaired) electrons. The molecule has 0 spiro atoms. The molecule has 68 valence electrons. The van der Waals surface area contributed by atoms with Gasteiger partial charge in [-0.05, 0) is 24.6 Å². The summed E-state index contributed by atoms with van der Waals surface area (Å²) in [5.41, 5.74) is 1.20. The summed E-state index contributed by atoms with van der Waals surface area (Å²) in [5, 5.41) is 5.16. The van der Waals surface area contributed by atoms with Gasteiger partial charge in [0.2, 0.25) is 0 Å². The van der Waals surface area contributed by atoms with Crippen LogP contribution >= 0.6 is 11.3 Å². The van der Waals surface area contributed by atoms with Gasteiger partial charge < -0.3 is 9.73 Å². The van der Waals surface area contributed by atoms with Crippen LogP contribution in [0.1, 0.15) is 5.76 Å². The zero-order valence-corrected chi connectivity index (χ0v) is 8.23. The number of hydrogen-bond acceptors (Lipinski definition) is 3. The summed E-state index contributed by atoms with van der Waals surface area (Å²) in [5.74, 6) is 1.00. The van der Waals surface area contributed by atoms with Gasteiger partial charge in [0.05, 0.1) is 12.8 Å². The lowest BCUT2D eigenvalue weighted by Crippen LogP contribution is -2.04. The maximum atomic E-state index is 5.37. The Balaban J connectivity index is 2.35. The monoisotopic (exact) mass is 193 g/mol. The van der Waals surface area contributed by atoms with Crippen molar-refractivity contribution in [2.45, 2.75) is 6.54 Å². The molecule has 0 aliphatic heterocycles. The Morgan fingerprint density at radius 2 is 2.38 bits per heavy atom. The molecule has 0 amide bonds. The van der Waals surface area contributed by atoms with Gasteiger partial charge in [-0.2, -0.15) is 0 Å². The first-order chi connectivity index (χ1) is 6.42. The van der Waals surface area contributed by atoms with Crippen LogP contribution in [0.3, 0.4) is 0 Å². The third kappa shape index (κ3) is 1.66. The molecule has 2 nitrogen and oxygen atoms in total. The van der Waals surface area contributed by atoms with E-state index in [-0.39, 0.29) is 0 Å². The van der Waals surface area contributed by atoms with Crippen molar-refractivity contribution >= 4 is 11.3 Å². The second-order valence-electron chi connectivity index (χ2n) is 2.77. The SMILES string of the molecule is CNCc1occc1-c1cccs1. The molecule has 0 aliphatic rings. The van der Waals surface area contributed by atoms with E-state index < -0.39 is 0 Å². The standard InChI is InChI=1S/C10H11NOS/c1-11-7-9-8(4-5-12-9)10-3-2-6-13-10/h2-6,11H,7H2,1H3. The molecule has 2 rings (SSSR count). The van der Waals surface area contributed by atoms with Gasteiger partial charge in [-0.1, -0.05) is 6.07 Å². The fourth-order valence-electron chi connectivity index (χ4n) is 1.29. The number of furan rings is 1. The van der Waals surface area contributed by atoms with E-state index in [9.17, 15) is 0 Å². The quantitative estimate of drug-likeness (QED) is 0.810. The fraction of sp³-hybridized carbons (Fsp3) is 0.200. The van der Waals surface area contributed by atoms with Crippen LogP contribution < -0.4 is 5.32 Å².